The maximum atomic E-state index is 14.1. The molecule has 0 saturated heterocycles. The van der Waals surface area contributed by atoms with Gasteiger partial charge in [-0.3, -0.25) is 4.79 Å². The highest BCUT2D eigenvalue weighted by Gasteiger charge is 2.15. The fourth-order valence-electron chi connectivity index (χ4n) is 2.51. The van der Waals surface area contributed by atoms with Gasteiger partial charge in [0.05, 0.1) is 12.3 Å². The van der Waals surface area contributed by atoms with Crippen LogP contribution in [0.3, 0.4) is 0 Å². The van der Waals surface area contributed by atoms with Crippen molar-refractivity contribution in [3.63, 3.8) is 0 Å². The largest absolute Gasteiger partial charge is 0.395 e. The Morgan fingerprint density at radius 3 is 2.75 bits per heavy atom. The molecule has 0 aliphatic rings. The summed E-state index contributed by atoms with van der Waals surface area (Å²) in [5, 5.41) is 20.4. The number of hydrogen-bond acceptors (Lipinski definition) is 3. The third-order valence-corrected chi connectivity index (χ3v) is 3.63. The van der Waals surface area contributed by atoms with Gasteiger partial charge in [-0.05, 0) is 43.7 Å². The Bertz CT molecular complexity index is 831. The zero-order valence-corrected chi connectivity index (χ0v) is 13.5. The predicted molar refractivity (Wildman–Crippen MR) is 88.9 cm³/mol. The van der Waals surface area contributed by atoms with Gasteiger partial charge in [0.25, 0.3) is 5.91 Å². The summed E-state index contributed by atoms with van der Waals surface area (Å²) in [6, 6.07) is 10.1. The first-order valence-corrected chi connectivity index (χ1v) is 7.44. The molecule has 0 fully saturated rings. The molecule has 0 spiro atoms. The number of benzene rings is 1. The van der Waals surface area contributed by atoms with Crippen LogP contribution in [0, 0.1) is 31.0 Å². The van der Waals surface area contributed by atoms with Crippen molar-refractivity contribution < 1.29 is 14.3 Å². The van der Waals surface area contributed by atoms with E-state index in [1.54, 1.807) is 35.8 Å². The third kappa shape index (κ3) is 3.53. The molecule has 0 bridgehead atoms. The normalized spacial score (nSPS) is 11.2. The molecular formula is C18H18FN3O2. The van der Waals surface area contributed by atoms with E-state index in [0.717, 1.165) is 11.4 Å². The maximum Gasteiger partial charge on any atom is 0.262 e. The average Bonchev–Trinajstić information content (AvgIpc) is 2.84. The molecule has 124 valence electrons. The number of amides is 1. The fourth-order valence-corrected chi connectivity index (χ4v) is 2.51. The van der Waals surface area contributed by atoms with Crippen molar-refractivity contribution in [1.82, 2.24) is 9.88 Å². The molecule has 0 atom stereocenters. The maximum absolute atomic E-state index is 14.1. The Kier molecular flexibility index (Phi) is 5.51. The molecule has 24 heavy (non-hydrogen) atoms. The van der Waals surface area contributed by atoms with Crippen molar-refractivity contribution in [2.75, 3.05) is 13.2 Å². The number of halogens is 1. The van der Waals surface area contributed by atoms with E-state index in [0.29, 0.717) is 11.3 Å². The van der Waals surface area contributed by atoms with Crippen LogP contribution >= 0.6 is 0 Å². The molecule has 1 amide bonds. The van der Waals surface area contributed by atoms with Crippen LogP contribution in [0.1, 0.15) is 17.0 Å². The van der Waals surface area contributed by atoms with E-state index in [-0.39, 0.29) is 24.5 Å². The van der Waals surface area contributed by atoms with E-state index in [2.05, 4.69) is 5.32 Å². The molecule has 1 heterocycles. The second kappa shape index (κ2) is 7.57. The molecule has 0 aliphatic carbocycles. The number of carbonyl (C=O) groups is 1. The lowest BCUT2D eigenvalue weighted by Gasteiger charge is -2.10. The number of nitrogens with zero attached hydrogens (tertiary/aromatic N) is 2. The molecule has 2 aromatic rings. The Morgan fingerprint density at radius 2 is 2.12 bits per heavy atom. The Hall–Kier alpha value is -2.91. The van der Waals surface area contributed by atoms with Crippen molar-refractivity contribution in [1.29, 1.82) is 5.26 Å². The topological polar surface area (TPSA) is 78.1 Å². The van der Waals surface area contributed by atoms with Crippen LogP contribution in [0.25, 0.3) is 11.8 Å². The molecule has 2 rings (SSSR count). The van der Waals surface area contributed by atoms with Crippen LogP contribution in [0.5, 0.6) is 0 Å². The van der Waals surface area contributed by atoms with Gasteiger partial charge >= 0.3 is 0 Å². The Labute approximate surface area is 139 Å². The molecule has 0 saturated carbocycles. The van der Waals surface area contributed by atoms with E-state index < -0.39 is 5.91 Å². The monoisotopic (exact) mass is 327 g/mol. The number of aliphatic hydroxyl groups excluding tert-OH is 1. The highest BCUT2D eigenvalue weighted by Crippen LogP contribution is 2.24. The average molecular weight is 327 g/mol. The summed E-state index contributed by atoms with van der Waals surface area (Å²) in [7, 11) is 0. The van der Waals surface area contributed by atoms with Gasteiger partial charge in [0.2, 0.25) is 0 Å². The standard InChI is InChI=1S/C18H18FN3O2/c1-12-9-14(10-15(11-20)18(24)21-7-8-23)13(2)22(12)17-6-4-3-5-16(17)19/h3-6,9-10,23H,7-8H2,1-2H3,(H,21,24)/b15-10-. The van der Waals surface area contributed by atoms with Crippen molar-refractivity contribution in [2.24, 2.45) is 0 Å². The zero-order chi connectivity index (χ0) is 17.7. The second-order valence-corrected chi connectivity index (χ2v) is 5.26. The SMILES string of the molecule is Cc1cc(/C=C(/C#N)C(=O)NCCO)c(C)n1-c1ccccc1F. The minimum absolute atomic E-state index is 0.0720. The summed E-state index contributed by atoms with van der Waals surface area (Å²) in [5.41, 5.74) is 2.51. The number of rotatable bonds is 5. The minimum Gasteiger partial charge on any atom is -0.395 e. The number of para-hydroxylation sites is 1. The molecule has 1 aromatic heterocycles. The molecule has 0 radical (unpaired) electrons. The third-order valence-electron chi connectivity index (χ3n) is 3.63. The van der Waals surface area contributed by atoms with Crippen molar-refractivity contribution in [3.05, 3.63) is 58.7 Å². The highest BCUT2D eigenvalue weighted by molar-refractivity contribution is 6.01. The van der Waals surface area contributed by atoms with Gasteiger partial charge in [-0.25, -0.2) is 4.39 Å². The molecule has 5 nitrogen and oxygen atoms in total. The highest BCUT2D eigenvalue weighted by atomic mass is 19.1. The van der Waals surface area contributed by atoms with E-state index in [1.807, 2.05) is 13.0 Å². The number of aliphatic hydroxyl groups is 1. The van der Waals surface area contributed by atoms with E-state index >= 15 is 0 Å². The molecule has 2 N–H and O–H groups in total. The molecule has 1 aromatic carbocycles. The first-order chi connectivity index (χ1) is 11.5. The summed E-state index contributed by atoms with van der Waals surface area (Å²) < 4.78 is 15.8. The van der Waals surface area contributed by atoms with Crippen molar-refractivity contribution in [2.45, 2.75) is 13.8 Å². The zero-order valence-electron chi connectivity index (χ0n) is 13.5. The first kappa shape index (κ1) is 17.4. The van der Waals surface area contributed by atoms with E-state index in [4.69, 9.17) is 5.11 Å². The van der Waals surface area contributed by atoms with Gasteiger partial charge in [0, 0.05) is 17.9 Å². The lowest BCUT2D eigenvalue weighted by atomic mass is 10.1. The van der Waals surface area contributed by atoms with Crippen LogP contribution in [-0.2, 0) is 4.79 Å². The Balaban J connectivity index is 2.45. The van der Waals surface area contributed by atoms with E-state index in [9.17, 15) is 14.4 Å². The molecule has 0 aliphatic heterocycles. The number of hydrogen-bond donors (Lipinski definition) is 2. The van der Waals surface area contributed by atoms with Crippen LogP contribution < -0.4 is 5.32 Å². The van der Waals surface area contributed by atoms with Crippen molar-refractivity contribution >= 4 is 12.0 Å². The number of carbonyl (C=O) groups excluding carboxylic acids is 1. The van der Waals surface area contributed by atoms with E-state index in [1.165, 1.54) is 12.1 Å². The summed E-state index contributed by atoms with van der Waals surface area (Å²) in [6.07, 6.45) is 1.46. The van der Waals surface area contributed by atoms with Gasteiger partial charge < -0.3 is 15.0 Å². The van der Waals surface area contributed by atoms with Gasteiger partial charge in [0.1, 0.15) is 17.5 Å². The summed E-state index contributed by atoms with van der Waals surface area (Å²) in [4.78, 5) is 11.9. The van der Waals surface area contributed by atoms with Gasteiger partial charge in [-0.1, -0.05) is 12.1 Å². The summed E-state index contributed by atoms with van der Waals surface area (Å²) >= 11 is 0. The van der Waals surface area contributed by atoms with Crippen LogP contribution in [0.4, 0.5) is 4.39 Å². The lowest BCUT2D eigenvalue weighted by molar-refractivity contribution is -0.117. The Morgan fingerprint density at radius 1 is 1.42 bits per heavy atom. The first-order valence-electron chi connectivity index (χ1n) is 7.44. The lowest BCUT2D eigenvalue weighted by Crippen LogP contribution is -2.27. The van der Waals surface area contributed by atoms with Gasteiger partial charge in [0.15, 0.2) is 0 Å². The van der Waals surface area contributed by atoms with Gasteiger partial charge in [-0.2, -0.15) is 5.26 Å². The van der Waals surface area contributed by atoms with Crippen LogP contribution in [0.15, 0.2) is 35.9 Å². The molecule has 6 heteroatoms. The van der Waals surface area contributed by atoms with Crippen LogP contribution in [-0.4, -0.2) is 28.7 Å². The quantitative estimate of drug-likeness (QED) is 0.653. The smallest absolute Gasteiger partial charge is 0.262 e. The summed E-state index contributed by atoms with van der Waals surface area (Å²) in [6.45, 7) is 3.50. The number of nitriles is 1. The number of aromatic nitrogens is 1. The minimum atomic E-state index is -0.553. The molecule has 0 unspecified atom stereocenters. The number of nitrogens with one attached hydrogen (secondary N) is 1. The van der Waals surface area contributed by atoms with Gasteiger partial charge in [-0.15, -0.1) is 0 Å². The van der Waals surface area contributed by atoms with Crippen molar-refractivity contribution in [3.8, 4) is 11.8 Å². The predicted octanol–water partition coefficient (Wildman–Crippen LogP) is 2.25. The summed E-state index contributed by atoms with van der Waals surface area (Å²) in [5.74, 6) is -0.904. The van der Waals surface area contributed by atoms with Crippen LogP contribution in [0.2, 0.25) is 0 Å². The molecular weight excluding hydrogens is 309 g/mol. The second-order valence-electron chi connectivity index (χ2n) is 5.26. The number of aryl methyl sites for hydroxylation is 1. The fraction of sp³-hybridized carbons (Fsp3) is 0.222.